The van der Waals surface area contributed by atoms with Gasteiger partial charge in [-0.1, -0.05) is 30.3 Å². The van der Waals surface area contributed by atoms with Gasteiger partial charge in [0.05, 0.1) is 25.5 Å². The van der Waals surface area contributed by atoms with Crippen molar-refractivity contribution in [2.24, 2.45) is 0 Å². The molecule has 0 aliphatic carbocycles. The number of thioether (sulfide) groups is 1. The number of alkyl halides is 3. The lowest BCUT2D eigenvalue weighted by atomic mass is 10.1. The van der Waals surface area contributed by atoms with Gasteiger partial charge >= 0.3 is 6.18 Å². The van der Waals surface area contributed by atoms with Crippen molar-refractivity contribution in [1.29, 1.82) is 0 Å². The van der Waals surface area contributed by atoms with Crippen molar-refractivity contribution in [2.45, 2.75) is 11.1 Å². The van der Waals surface area contributed by atoms with E-state index in [-0.39, 0.29) is 17.1 Å². The molecule has 4 rings (SSSR count). The fourth-order valence-electron chi connectivity index (χ4n) is 4.02. The van der Waals surface area contributed by atoms with Crippen LogP contribution in [-0.4, -0.2) is 37.7 Å². The van der Waals surface area contributed by atoms with Crippen LogP contribution in [0.4, 0.5) is 24.5 Å². The van der Waals surface area contributed by atoms with Crippen molar-refractivity contribution in [3.63, 3.8) is 0 Å². The highest BCUT2D eigenvalue weighted by atomic mass is 32.2. The van der Waals surface area contributed by atoms with E-state index in [1.807, 2.05) is 0 Å². The maximum atomic E-state index is 13.5. The van der Waals surface area contributed by atoms with E-state index in [4.69, 9.17) is 9.47 Å². The minimum atomic E-state index is -4.53. The molecule has 0 fully saturated rings. The third kappa shape index (κ3) is 9.38. The smallest absolute Gasteiger partial charge is 0.416 e. The van der Waals surface area contributed by atoms with Crippen LogP contribution in [-0.2, 0) is 15.8 Å². The Morgan fingerprint density at radius 1 is 0.800 bits per heavy atom. The fourth-order valence-corrected chi connectivity index (χ4v) is 4.77. The molecule has 0 saturated carbocycles. The topological polar surface area (TPSA) is 106 Å². The predicted octanol–water partition coefficient (Wildman–Crippen LogP) is 6.86. The summed E-state index contributed by atoms with van der Waals surface area (Å²) in [6.45, 7) is 0. The Morgan fingerprint density at radius 2 is 1.51 bits per heavy atom. The molecule has 3 N–H and O–H groups in total. The quantitative estimate of drug-likeness (QED) is 0.123. The minimum Gasteiger partial charge on any atom is -0.497 e. The Hall–Kier alpha value is -5.23. The predicted molar refractivity (Wildman–Crippen MR) is 167 cm³/mol. The first-order valence-corrected chi connectivity index (χ1v) is 14.4. The second kappa shape index (κ2) is 15.0. The SMILES string of the molecule is COc1ccc(/C=C(/NC(=O)c2ccccc2)C(=O)Nc2cccc(SCC(=O)Nc3cccc(C(F)(F)F)c3)c2)c(OC)c1. The van der Waals surface area contributed by atoms with E-state index < -0.39 is 29.5 Å². The normalized spacial score (nSPS) is 11.4. The zero-order valence-electron chi connectivity index (χ0n) is 24.1. The molecule has 4 aromatic rings. The average Bonchev–Trinajstić information content (AvgIpc) is 3.04. The van der Waals surface area contributed by atoms with E-state index in [0.717, 1.165) is 23.9 Å². The van der Waals surface area contributed by atoms with E-state index in [0.29, 0.717) is 33.2 Å². The molecule has 0 bridgehead atoms. The molecule has 0 aliphatic rings. The van der Waals surface area contributed by atoms with Crippen LogP contribution in [0.2, 0.25) is 0 Å². The van der Waals surface area contributed by atoms with Crippen LogP contribution >= 0.6 is 11.8 Å². The highest BCUT2D eigenvalue weighted by Crippen LogP contribution is 2.31. The first kappa shape index (κ1) is 32.7. The van der Waals surface area contributed by atoms with Gasteiger partial charge < -0.3 is 25.4 Å². The molecule has 0 aromatic heterocycles. The molecule has 45 heavy (non-hydrogen) atoms. The van der Waals surface area contributed by atoms with Gasteiger partial charge in [0.1, 0.15) is 17.2 Å². The number of benzene rings is 4. The number of halogens is 3. The zero-order valence-corrected chi connectivity index (χ0v) is 24.9. The number of nitrogens with one attached hydrogen (secondary N) is 3. The number of hydrogen-bond donors (Lipinski definition) is 3. The number of methoxy groups -OCH3 is 2. The van der Waals surface area contributed by atoms with E-state index in [1.54, 1.807) is 72.8 Å². The minimum absolute atomic E-state index is 0.0294. The molecule has 0 heterocycles. The third-order valence-electron chi connectivity index (χ3n) is 6.20. The van der Waals surface area contributed by atoms with Gasteiger partial charge in [-0.05, 0) is 66.7 Å². The Morgan fingerprint density at radius 3 is 2.20 bits per heavy atom. The van der Waals surface area contributed by atoms with Crippen LogP contribution in [0.3, 0.4) is 0 Å². The first-order valence-electron chi connectivity index (χ1n) is 13.4. The molecular weight excluding hydrogens is 607 g/mol. The Kier molecular flexibility index (Phi) is 10.9. The molecule has 0 atom stereocenters. The standard InChI is InChI=1S/C33H28F3N3O5S/c1-43-26-15-14-22(29(19-26)44-2)16-28(39-31(41)21-8-4-3-5-9-21)32(42)38-25-12-7-13-27(18-25)45-20-30(40)37-24-11-6-10-23(17-24)33(34,35)36/h3-19H,20H2,1-2H3,(H,37,40)(H,38,42)(H,39,41)/b28-16+. The number of anilines is 2. The molecule has 0 unspecified atom stereocenters. The first-order chi connectivity index (χ1) is 21.5. The van der Waals surface area contributed by atoms with E-state index in [1.165, 1.54) is 32.4 Å². The third-order valence-corrected chi connectivity index (χ3v) is 7.20. The summed E-state index contributed by atoms with van der Waals surface area (Å²) in [4.78, 5) is 39.5. The second-order valence-electron chi connectivity index (χ2n) is 9.38. The average molecular weight is 636 g/mol. The molecule has 0 radical (unpaired) electrons. The number of amides is 3. The lowest BCUT2D eigenvalue weighted by Gasteiger charge is -2.13. The maximum absolute atomic E-state index is 13.5. The van der Waals surface area contributed by atoms with Crippen LogP contribution in [0, 0.1) is 0 Å². The van der Waals surface area contributed by atoms with E-state index >= 15 is 0 Å². The van der Waals surface area contributed by atoms with Crippen molar-refractivity contribution >= 4 is 46.9 Å². The summed E-state index contributed by atoms with van der Waals surface area (Å²) in [5, 5.41) is 7.89. The summed E-state index contributed by atoms with van der Waals surface area (Å²) in [6.07, 6.45) is -3.05. The van der Waals surface area contributed by atoms with Crippen LogP contribution in [0.15, 0.2) is 108 Å². The van der Waals surface area contributed by atoms with Crippen LogP contribution in [0.25, 0.3) is 6.08 Å². The van der Waals surface area contributed by atoms with Gasteiger partial charge in [-0.3, -0.25) is 14.4 Å². The lowest BCUT2D eigenvalue weighted by molar-refractivity contribution is -0.137. The molecule has 0 spiro atoms. The lowest BCUT2D eigenvalue weighted by Crippen LogP contribution is -2.30. The van der Waals surface area contributed by atoms with Gasteiger partial charge in [-0.2, -0.15) is 13.2 Å². The molecule has 3 amide bonds. The molecule has 0 aliphatic heterocycles. The van der Waals surface area contributed by atoms with Gasteiger partial charge in [0.15, 0.2) is 0 Å². The zero-order chi connectivity index (χ0) is 32.4. The highest BCUT2D eigenvalue weighted by molar-refractivity contribution is 8.00. The van der Waals surface area contributed by atoms with Crippen LogP contribution in [0.1, 0.15) is 21.5 Å². The molecule has 4 aromatic carbocycles. The molecule has 12 heteroatoms. The molecule has 8 nitrogen and oxygen atoms in total. The number of rotatable bonds is 11. The van der Waals surface area contributed by atoms with Gasteiger partial charge in [-0.15, -0.1) is 11.8 Å². The molecule has 0 saturated heterocycles. The van der Waals surface area contributed by atoms with Gasteiger partial charge in [0.2, 0.25) is 5.91 Å². The van der Waals surface area contributed by atoms with Crippen molar-refractivity contribution in [2.75, 3.05) is 30.6 Å². The summed E-state index contributed by atoms with van der Waals surface area (Å²) in [5.41, 5.74) is 0.334. The Labute approximate surface area is 261 Å². The van der Waals surface area contributed by atoms with Crippen LogP contribution < -0.4 is 25.4 Å². The number of ether oxygens (including phenoxy) is 2. The summed E-state index contributed by atoms with van der Waals surface area (Å²) in [6, 6.07) is 24.4. The Balaban J connectivity index is 1.48. The summed E-state index contributed by atoms with van der Waals surface area (Å²) < 4.78 is 49.6. The number of carbonyl (C=O) groups excluding carboxylic acids is 3. The Bertz CT molecular complexity index is 1710. The maximum Gasteiger partial charge on any atom is 0.416 e. The van der Waals surface area contributed by atoms with Crippen molar-refractivity contribution in [1.82, 2.24) is 5.32 Å². The van der Waals surface area contributed by atoms with Crippen molar-refractivity contribution < 1.29 is 37.0 Å². The fraction of sp³-hybridized carbons (Fsp3) is 0.121. The number of hydrogen-bond acceptors (Lipinski definition) is 6. The highest BCUT2D eigenvalue weighted by Gasteiger charge is 2.30. The van der Waals surface area contributed by atoms with Gasteiger partial charge in [0.25, 0.3) is 11.8 Å². The monoisotopic (exact) mass is 635 g/mol. The van der Waals surface area contributed by atoms with Gasteiger partial charge in [0, 0.05) is 33.5 Å². The molecular formula is C33H28F3N3O5S. The van der Waals surface area contributed by atoms with E-state index in [2.05, 4.69) is 16.0 Å². The summed E-state index contributed by atoms with van der Waals surface area (Å²) in [7, 11) is 2.98. The molecule has 232 valence electrons. The summed E-state index contributed by atoms with van der Waals surface area (Å²) in [5.74, 6) is -0.766. The van der Waals surface area contributed by atoms with Gasteiger partial charge in [-0.25, -0.2) is 0 Å². The van der Waals surface area contributed by atoms with Crippen molar-refractivity contribution in [3.8, 4) is 11.5 Å². The van der Waals surface area contributed by atoms with Crippen molar-refractivity contribution in [3.05, 3.63) is 119 Å². The second-order valence-corrected chi connectivity index (χ2v) is 10.4. The van der Waals surface area contributed by atoms with E-state index in [9.17, 15) is 27.6 Å². The number of carbonyl (C=O) groups is 3. The largest absolute Gasteiger partial charge is 0.497 e. The van der Waals surface area contributed by atoms with Crippen LogP contribution in [0.5, 0.6) is 11.5 Å². The summed E-state index contributed by atoms with van der Waals surface area (Å²) >= 11 is 1.13.